The number of anilines is 1. The van der Waals surface area contributed by atoms with Gasteiger partial charge in [0.25, 0.3) is 5.91 Å². The molecule has 1 atom stereocenters. The molecule has 4 nitrogen and oxygen atoms in total. The van der Waals surface area contributed by atoms with E-state index in [0.29, 0.717) is 20.6 Å². The molecule has 1 aliphatic rings. The quantitative estimate of drug-likeness (QED) is 0.820. The van der Waals surface area contributed by atoms with Gasteiger partial charge in [0.2, 0.25) is 0 Å². The Morgan fingerprint density at radius 3 is 2.90 bits per heavy atom. The zero-order valence-corrected chi connectivity index (χ0v) is 13.5. The molecule has 0 fully saturated rings. The minimum atomic E-state index is -1.81. The molecule has 0 radical (unpaired) electrons. The van der Waals surface area contributed by atoms with Crippen molar-refractivity contribution < 1.29 is 14.7 Å². The number of hydrogen-bond acceptors (Lipinski definition) is 4. The predicted molar refractivity (Wildman–Crippen MR) is 84.7 cm³/mol. The van der Waals surface area contributed by atoms with Crippen molar-refractivity contribution in [3.8, 4) is 0 Å². The first-order chi connectivity index (χ1) is 9.91. The van der Waals surface area contributed by atoms with Gasteiger partial charge in [0.1, 0.15) is 0 Å². The number of aryl methyl sites for hydroxylation is 1. The third-order valence-electron chi connectivity index (χ3n) is 3.51. The van der Waals surface area contributed by atoms with Gasteiger partial charge in [0.05, 0.1) is 17.0 Å². The molecule has 21 heavy (non-hydrogen) atoms. The Bertz CT molecular complexity index is 742. The van der Waals surface area contributed by atoms with E-state index in [1.807, 2.05) is 13.0 Å². The van der Waals surface area contributed by atoms with E-state index in [2.05, 4.69) is 21.2 Å². The fraction of sp³-hybridized carbons (Fsp3) is 0.200. The number of ketones is 1. The van der Waals surface area contributed by atoms with E-state index in [1.54, 1.807) is 23.6 Å². The highest BCUT2D eigenvalue weighted by atomic mass is 79.9. The lowest BCUT2D eigenvalue weighted by atomic mass is 9.89. The van der Waals surface area contributed by atoms with Crippen LogP contribution >= 0.6 is 27.3 Å². The second-order valence-corrected chi connectivity index (χ2v) is 6.86. The van der Waals surface area contributed by atoms with E-state index in [0.717, 1.165) is 5.56 Å². The molecule has 1 aliphatic heterocycles. The van der Waals surface area contributed by atoms with E-state index in [1.165, 1.54) is 11.3 Å². The molecule has 0 aliphatic carbocycles. The first-order valence-electron chi connectivity index (χ1n) is 6.33. The number of carbonyl (C=O) groups excluding carboxylic acids is 2. The van der Waals surface area contributed by atoms with Crippen molar-refractivity contribution in [2.45, 2.75) is 18.9 Å². The predicted octanol–water partition coefficient (Wildman–Crippen LogP) is 3.23. The van der Waals surface area contributed by atoms with Crippen molar-refractivity contribution in [3.63, 3.8) is 0 Å². The number of halogens is 1. The van der Waals surface area contributed by atoms with Gasteiger partial charge < -0.3 is 10.4 Å². The fourth-order valence-corrected chi connectivity index (χ4v) is 3.81. The molecule has 108 valence electrons. The van der Waals surface area contributed by atoms with Crippen molar-refractivity contribution in [2.24, 2.45) is 0 Å². The van der Waals surface area contributed by atoms with E-state index >= 15 is 0 Å². The lowest BCUT2D eigenvalue weighted by molar-refractivity contribution is -0.133. The summed E-state index contributed by atoms with van der Waals surface area (Å²) in [6, 6.07) is 7.05. The molecule has 1 aromatic heterocycles. The van der Waals surface area contributed by atoms with Crippen LogP contribution in [-0.2, 0) is 10.4 Å². The Labute approximate surface area is 133 Å². The molecule has 0 spiro atoms. The third kappa shape index (κ3) is 2.33. The van der Waals surface area contributed by atoms with Crippen LogP contribution in [0.2, 0.25) is 0 Å². The number of Topliss-reactive ketones (excluding diaryl/α,β-unsaturated/α-hetero) is 1. The lowest BCUT2D eigenvalue weighted by Gasteiger charge is -2.20. The average molecular weight is 366 g/mol. The minimum absolute atomic E-state index is 0.242. The molecule has 0 saturated carbocycles. The van der Waals surface area contributed by atoms with Gasteiger partial charge in [0, 0.05) is 10.0 Å². The Morgan fingerprint density at radius 2 is 2.24 bits per heavy atom. The molecular weight excluding hydrogens is 354 g/mol. The summed E-state index contributed by atoms with van der Waals surface area (Å²) in [6.45, 7) is 1.87. The highest BCUT2D eigenvalue weighted by Gasteiger charge is 2.47. The molecule has 3 rings (SSSR count). The van der Waals surface area contributed by atoms with Crippen LogP contribution in [0, 0.1) is 6.92 Å². The molecule has 0 unspecified atom stereocenters. The smallest absolute Gasteiger partial charge is 0.261 e. The van der Waals surface area contributed by atoms with E-state index in [4.69, 9.17) is 0 Å². The van der Waals surface area contributed by atoms with E-state index < -0.39 is 11.5 Å². The summed E-state index contributed by atoms with van der Waals surface area (Å²) in [5, 5.41) is 15.2. The number of benzene rings is 1. The molecule has 1 amide bonds. The Morgan fingerprint density at radius 1 is 1.48 bits per heavy atom. The molecule has 0 saturated heterocycles. The van der Waals surface area contributed by atoms with Crippen LogP contribution in [0.15, 0.2) is 34.1 Å². The van der Waals surface area contributed by atoms with Crippen LogP contribution in [0.4, 0.5) is 5.69 Å². The number of thiophene rings is 1. The first kappa shape index (κ1) is 14.4. The van der Waals surface area contributed by atoms with Gasteiger partial charge in [-0.15, -0.1) is 11.3 Å². The van der Waals surface area contributed by atoms with Gasteiger partial charge in [-0.3, -0.25) is 9.59 Å². The molecule has 6 heteroatoms. The van der Waals surface area contributed by atoms with Crippen LogP contribution < -0.4 is 5.32 Å². The van der Waals surface area contributed by atoms with Crippen molar-refractivity contribution in [3.05, 3.63) is 50.1 Å². The number of aliphatic hydroxyl groups is 1. The topological polar surface area (TPSA) is 66.4 Å². The van der Waals surface area contributed by atoms with Crippen molar-refractivity contribution in [1.82, 2.24) is 0 Å². The summed E-state index contributed by atoms with van der Waals surface area (Å²) < 4.78 is 0.699. The third-order valence-corrected chi connectivity index (χ3v) is 5.04. The normalized spacial score (nSPS) is 20.2. The van der Waals surface area contributed by atoms with E-state index in [-0.39, 0.29) is 12.2 Å². The second-order valence-electron chi connectivity index (χ2n) is 5.06. The molecule has 0 bridgehead atoms. The van der Waals surface area contributed by atoms with Gasteiger partial charge in [-0.2, -0.15) is 0 Å². The number of hydrogen-bond donors (Lipinski definition) is 2. The Hall–Kier alpha value is -1.50. The summed E-state index contributed by atoms with van der Waals surface area (Å²) in [5.41, 5.74) is 0.0702. The van der Waals surface area contributed by atoms with Crippen molar-refractivity contribution in [2.75, 3.05) is 5.32 Å². The summed E-state index contributed by atoms with van der Waals surface area (Å²) in [5.74, 6) is -0.804. The molecule has 1 aromatic carbocycles. The van der Waals surface area contributed by atoms with Crippen molar-refractivity contribution in [1.29, 1.82) is 0 Å². The summed E-state index contributed by atoms with van der Waals surface area (Å²) >= 11 is 4.67. The highest BCUT2D eigenvalue weighted by molar-refractivity contribution is 9.10. The number of fused-ring (bicyclic) bond motifs is 1. The summed E-state index contributed by atoms with van der Waals surface area (Å²) in [4.78, 5) is 25.0. The lowest BCUT2D eigenvalue weighted by Crippen LogP contribution is -2.36. The molecule has 2 heterocycles. The van der Waals surface area contributed by atoms with Crippen LogP contribution in [-0.4, -0.2) is 16.8 Å². The second kappa shape index (κ2) is 5.05. The van der Waals surface area contributed by atoms with Crippen molar-refractivity contribution >= 4 is 44.6 Å². The number of nitrogens with one attached hydrogen (secondary N) is 1. The molecule has 2 aromatic rings. The average Bonchev–Trinajstić information content (AvgIpc) is 3.01. The SMILES string of the molecule is Cc1cc(Br)c2c(c1)[C@](O)(CC(=O)c1cccs1)C(=O)N2. The van der Waals surface area contributed by atoms with Crippen LogP contribution in [0.25, 0.3) is 0 Å². The molecule has 2 N–H and O–H groups in total. The first-order valence-corrected chi connectivity index (χ1v) is 8.00. The monoisotopic (exact) mass is 365 g/mol. The standard InChI is InChI=1S/C15H12BrNO3S/c1-8-5-9-13(10(16)6-8)17-14(19)15(9,20)7-11(18)12-3-2-4-21-12/h2-6,20H,7H2,1H3,(H,17,19)/t15-/m1/s1. The maximum atomic E-state index is 12.3. The summed E-state index contributed by atoms with van der Waals surface area (Å²) in [7, 11) is 0. The van der Waals surface area contributed by atoms with Crippen LogP contribution in [0.1, 0.15) is 27.2 Å². The van der Waals surface area contributed by atoms with Gasteiger partial charge in [-0.25, -0.2) is 0 Å². The van der Waals surface area contributed by atoms with Crippen LogP contribution in [0.3, 0.4) is 0 Å². The number of amides is 1. The number of carbonyl (C=O) groups is 2. The summed E-state index contributed by atoms with van der Waals surface area (Å²) in [6.07, 6.45) is -0.262. The number of rotatable bonds is 3. The van der Waals surface area contributed by atoms with Gasteiger partial charge >= 0.3 is 0 Å². The van der Waals surface area contributed by atoms with Gasteiger partial charge in [-0.1, -0.05) is 12.1 Å². The Kier molecular flexibility index (Phi) is 3.47. The van der Waals surface area contributed by atoms with E-state index in [9.17, 15) is 14.7 Å². The maximum absolute atomic E-state index is 12.3. The van der Waals surface area contributed by atoms with Gasteiger partial charge in [0.15, 0.2) is 11.4 Å². The minimum Gasteiger partial charge on any atom is -0.375 e. The molecular formula is C15H12BrNO3S. The van der Waals surface area contributed by atoms with Crippen LogP contribution in [0.5, 0.6) is 0 Å². The maximum Gasteiger partial charge on any atom is 0.261 e. The largest absolute Gasteiger partial charge is 0.375 e. The highest BCUT2D eigenvalue weighted by Crippen LogP contribution is 2.43. The zero-order chi connectivity index (χ0) is 15.2. The Balaban J connectivity index is 2.02. The fourth-order valence-electron chi connectivity index (χ4n) is 2.47. The van der Waals surface area contributed by atoms with Gasteiger partial charge in [-0.05, 0) is 45.9 Å². The zero-order valence-electron chi connectivity index (χ0n) is 11.1.